The molecule has 1 aromatic carbocycles. The lowest BCUT2D eigenvalue weighted by Gasteiger charge is -2.06. The quantitative estimate of drug-likeness (QED) is 0.872. The van der Waals surface area contributed by atoms with Crippen LogP contribution in [0.4, 0.5) is 16.5 Å². The van der Waals surface area contributed by atoms with Gasteiger partial charge in [0.1, 0.15) is 5.76 Å². The van der Waals surface area contributed by atoms with Crippen LogP contribution < -0.4 is 10.6 Å². The van der Waals surface area contributed by atoms with Gasteiger partial charge in [0.2, 0.25) is 0 Å². The number of halogens is 1. The van der Waals surface area contributed by atoms with E-state index in [1.165, 1.54) is 0 Å². The van der Waals surface area contributed by atoms with Gasteiger partial charge in [0.05, 0.1) is 16.4 Å². The molecule has 6 heteroatoms. The van der Waals surface area contributed by atoms with Gasteiger partial charge in [-0.3, -0.25) is 5.32 Å². The Morgan fingerprint density at radius 3 is 2.61 bits per heavy atom. The van der Waals surface area contributed by atoms with E-state index in [2.05, 4.69) is 15.6 Å². The van der Waals surface area contributed by atoms with Crippen LogP contribution in [0.2, 0.25) is 5.02 Å². The van der Waals surface area contributed by atoms with Crippen molar-refractivity contribution in [1.29, 1.82) is 0 Å². The Morgan fingerprint density at radius 1 is 1.28 bits per heavy atom. The van der Waals surface area contributed by atoms with E-state index in [0.717, 1.165) is 5.69 Å². The summed E-state index contributed by atoms with van der Waals surface area (Å²) in [6.07, 6.45) is 0. The van der Waals surface area contributed by atoms with Crippen molar-refractivity contribution in [2.24, 2.45) is 0 Å². The van der Waals surface area contributed by atoms with Crippen LogP contribution in [0, 0.1) is 13.8 Å². The van der Waals surface area contributed by atoms with Crippen molar-refractivity contribution in [3.05, 3.63) is 40.7 Å². The van der Waals surface area contributed by atoms with E-state index < -0.39 is 6.03 Å². The largest absolute Gasteiger partial charge is 0.428 e. The molecule has 1 heterocycles. The smallest absolute Gasteiger partial charge is 0.327 e. The summed E-state index contributed by atoms with van der Waals surface area (Å²) in [4.78, 5) is 15.7. The van der Waals surface area contributed by atoms with Crippen LogP contribution in [0.3, 0.4) is 0 Å². The van der Waals surface area contributed by atoms with Gasteiger partial charge < -0.3 is 9.73 Å². The van der Waals surface area contributed by atoms with Crippen molar-refractivity contribution in [3.8, 4) is 0 Å². The van der Waals surface area contributed by atoms with Crippen molar-refractivity contribution in [1.82, 2.24) is 4.98 Å². The summed E-state index contributed by atoms with van der Waals surface area (Å²) in [6.45, 7) is 3.58. The zero-order valence-corrected chi connectivity index (χ0v) is 10.7. The molecule has 2 N–H and O–H groups in total. The van der Waals surface area contributed by atoms with Gasteiger partial charge in [-0.05, 0) is 26.0 Å². The number of carbonyl (C=O) groups is 1. The molecule has 2 rings (SSSR count). The van der Waals surface area contributed by atoms with Gasteiger partial charge >= 0.3 is 12.0 Å². The molecule has 0 unspecified atom stereocenters. The molecule has 0 bridgehead atoms. The Labute approximate surface area is 109 Å². The topological polar surface area (TPSA) is 67.2 Å². The Morgan fingerprint density at radius 2 is 2.00 bits per heavy atom. The molecule has 0 atom stereocenters. The first-order valence-electron chi connectivity index (χ1n) is 5.33. The maximum absolute atomic E-state index is 11.7. The highest BCUT2D eigenvalue weighted by Gasteiger charge is 2.10. The number of amides is 2. The number of carbonyl (C=O) groups excluding carboxylic acids is 1. The zero-order chi connectivity index (χ0) is 13.1. The number of anilines is 2. The molecule has 0 aliphatic carbocycles. The molecule has 0 saturated heterocycles. The zero-order valence-electron chi connectivity index (χ0n) is 9.95. The molecule has 18 heavy (non-hydrogen) atoms. The van der Waals surface area contributed by atoms with Gasteiger partial charge in [0, 0.05) is 0 Å². The van der Waals surface area contributed by atoms with Gasteiger partial charge in [0.15, 0.2) is 0 Å². The molecule has 0 aliphatic rings. The number of aromatic nitrogens is 1. The number of oxazole rings is 1. The fourth-order valence-corrected chi connectivity index (χ4v) is 1.52. The SMILES string of the molecule is Cc1nc(NC(=O)Nc2ccccc2Cl)oc1C. The molecule has 2 amide bonds. The van der Waals surface area contributed by atoms with E-state index in [1.807, 2.05) is 0 Å². The summed E-state index contributed by atoms with van der Waals surface area (Å²) in [5.74, 6) is 0.669. The van der Waals surface area contributed by atoms with Gasteiger partial charge in [0.25, 0.3) is 0 Å². The van der Waals surface area contributed by atoms with E-state index in [1.54, 1.807) is 38.1 Å². The number of hydrogen-bond acceptors (Lipinski definition) is 3. The van der Waals surface area contributed by atoms with Gasteiger partial charge in [-0.1, -0.05) is 23.7 Å². The molecule has 2 aromatic rings. The summed E-state index contributed by atoms with van der Waals surface area (Å²) in [5, 5.41) is 5.56. The number of aryl methyl sites for hydroxylation is 2. The second-order valence-corrected chi connectivity index (χ2v) is 4.13. The monoisotopic (exact) mass is 265 g/mol. The molecule has 0 saturated carbocycles. The van der Waals surface area contributed by atoms with Gasteiger partial charge in [-0.15, -0.1) is 0 Å². The molecule has 94 valence electrons. The van der Waals surface area contributed by atoms with E-state index >= 15 is 0 Å². The predicted octanol–water partition coefficient (Wildman–Crippen LogP) is 3.59. The van der Waals surface area contributed by atoms with Crippen LogP contribution >= 0.6 is 11.6 Å². The van der Waals surface area contributed by atoms with Crippen LogP contribution in [0.5, 0.6) is 0 Å². The summed E-state index contributed by atoms with van der Waals surface area (Å²) in [7, 11) is 0. The average Bonchev–Trinajstić information content (AvgIpc) is 2.61. The minimum atomic E-state index is -0.454. The average molecular weight is 266 g/mol. The molecular formula is C12H12ClN3O2. The Bertz CT molecular complexity index is 561. The highest BCUT2D eigenvalue weighted by atomic mass is 35.5. The number of para-hydroxylation sites is 1. The minimum Gasteiger partial charge on any atom is -0.428 e. The normalized spacial score (nSPS) is 10.2. The fourth-order valence-electron chi connectivity index (χ4n) is 1.34. The molecule has 0 spiro atoms. The molecule has 0 radical (unpaired) electrons. The van der Waals surface area contributed by atoms with Crippen molar-refractivity contribution >= 4 is 29.3 Å². The van der Waals surface area contributed by atoms with Gasteiger partial charge in [-0.2, -0.15) is 4.98 Å². The number of rotatable bonds is 2. The molecule has 5 nitrogen and oxygen atoms in total. The van der Waals surface area contributed by atoms with E-state index in [0.29, 0.717) is 16.5 Å². The van der Waals surface area contributed by atoms with E-state index in [-0.39, 0.29) is 6.01 Å². The lowest BCUT2D eigenvalue weighted by atomic mass is 10.3. The van der Waals surface area contributed by atoms with Crippen LogP contribution in [0.25, 0.3) is 0 Å². The first-order chi connectivity index (χ1) is 8.56. The third-order valence-corrected chi connectivity index (χ3v) is 2.70. The van der Waals surface area contributed by atoms with Crippen LogP contribution in [0.1, 0.15) is 11.5 Å². The number of nitrogens with one attached hydrogen (secondary N) is 2. The second-order valence-electron chi connectivity index (χ2n) is 3.72. The molecule has 1 aromatic heterocycles. The van der Waals surface area contributed by atoms with E-state index in [9.17, 15) is 4.79 Å². The number of nitrogens with zero attached hydrogens (tertiary/aromatic N) is 1. The summed E-state index contributed by atoms with van der Waals surface area (Å²) in [5.41, 5.74) is 1.26. The Kier molecular flexibility index (Phi) is 3.53. The highest BCUT2D eigenvalue weighted by molar-refractivity contribution is 6.33. The number of benzene rings is 1. The summed E-state index contributed by atoms with van der Waals surface area (Å²) in [6, 6.07) is 6.66. The standard InChI is InChI=1S/C12H12ClN3O2/c1-7-8(2)18-12(14-7)16-11(17)15-10-6-4-3-5-9(10)13/h3-6H,1-2H3,(H2,14,15,16,17). The highest BCUT2D eigenvalue weighted by Crippen LogP contribution is 2.20. The van der Waals surface area contributed by atoms with Crippen LogP contribution in [0.15, 0.2) is 28.7 Å². The van der Waals surface area contributed by atoms with Crippen molar-refractivity contribution in [3.63, 3.8) is 0 Å². The lowest BCUT2D eigenvalue weighted by Crippen LogP contribution is -2.19. The Hall–Kier alpha value is -2.01. The lowest BCUT2D eigenvalue weighted by molar-refractivity contribution is 0.261. The number of hydrogen-bond donors (Lipinski definition) is 2. The Balaban J connectivity index is 2.03. The fraction of sp³-hybridized carbons (Fsp3) is 0.167. The summed E-state index contributed by atoms with van der Waals surface area (Å²) < 4.78 is 5.24. The van der Waals surface area contributed by atoms with Gasteiger partial charge in [-0.25, -0.2) is 4.79 Å². The van der Waals surface area contributed by atoms with Crippen molar-refractivity contribution in [2.75, 3.05) is 10.6 Å². The third kappa shape index (κ3) is 2.81. The van der Waals surface area contributed by atoms with E-state index in [4.69, 9.17) is 16.0 Å². The third-order valence-electron chi connectivity index (χ3n) is 2.37. The maximum atomic E-state index is 11.7. The molecule has 0 fully saturated rings. The van der Waals surface area contributed by atoms with Crippen molar-refractivity contribution in [2.45, 2.75) is 13.8 Å². The maximum Gasteiger partial charge on any atom is 0.327 e. The first-order valence-corrected chi connectivity index (χ1v) is 5.70. The molecular weight excluding hydrogens is 254 g/mol. The predicted molar refractivity (Wildman–Crippen MR) is 70.1 cm³/mol. The second kappa shape index (κ2) is 5.10. The minimum absolute atomic E-state index is 0.162. The van der Waals surface area contributed by atoms with Crippen LogP contribution in [-0.4, -0.2) is 11.0 Å². The first kappa shape index (κ1) is 12.4. The number of urea groups is 1. The van der Waals surface area contributed by atoms with Crippen LogP contribution in [-0.2, 0) is 0 Å². The molecule has 0 aliphatic heterocycles. The van der Waals surface area contributed by atoms with Crippen molar-refractivity contribution < 1.29 is 9.21 Å². The summed E-state index contributed by atoms with van der Waals surface area (Å²) >= 11 is 5.92.